The highest BCUT2D eigenvalue weighted by Crippen LogP contribution is 2.09. The van der Waals surface area contributed by atoms with E-state index in [1.165, 1.54) is 0 Å². The SMILES string of the molecule is Nc1ccc(C=Cc2ccncc2)cc1. The Labute approximate surface area is 89.1 Å². The summed E-state index contributed by atoms with van der Waals surface area (Å²) in [7, 11) is 0. The molecule has 0 aliphatic heterocycles. The predicted molar refractivity (Wildman–Crippen MR) is 64.0 cm³/mol. The summed E-state index contributed by atoms with van der Waals surface area (Å²) in [5.41, 5.74) is 8.67. The fraction of sp³-hybridized carbons (Fsp3) is 0. The lowest BCUT2D eigenvalue weighted by atomic mass is 10.1. The topological polar surface area (TPSA) is 38.9 Å². The molecule has 2 aromatic rings. The largest absolute Gasteiger partial charge is 0.399 e. The number of nitrogens with two attached hydrogens (primary N) is 1. The molecule has 1 aromatic heterocycles. The molecule has 0 bridgehead atoms. The second-order valence-corrected chi connectivity index (χ2v) is 3.28. The van der Waals surface area contributed by atoms with Crippen molar-refractivity contribution in [1.29, 1.82) is 0 Å². The Balaban J connectivity index is 2.15. The van der Waals surface area contributed by atoms with Gasteiger partial charge >= 0.3 is 0 Å². The number of aromatic nitrogens is 1. The van der Waals surface area contributed by atoms with Gasteiger partial charge in [-0.15, -0.1) is 0 Å². The minimum Gasteiger partial charge on any atom is -0.399 e. The highest BCUT2D eigenvalue weighted by Gasteiger charge is 1.87. The van der Waals surface area contributed by atoms with Gasteiger partial charge in [0, 0.05) is 18.1 Å². The van der Waals surface area contributed by atoms with Gasteiger partial charge < -0.3 is 5.73 Å². The van der Waals surface area contributed by atoms with Crippen LogP contribution < -0.4 is 5.73 Å². The summed E-state index contributed by atoms with van der Waals surface area (Å²) in [4.78, 5) is 3.96. The molecule has 0 radical (unpaired) electrons. The van der Waals surface area contributed by atoms with E-state index in [9.17, 15) is 0 Å². The maximum Gasteiger partial charge on any atom is 0.0314 e. The molecule has 15 heavy (non-hydrogen) atoms. The molecule has 74 valence electrons. The van der Waals surface area contributed by atoms with Crippen molar-refractivity contribution in [3.63, 3.8) is 0 Å². The number of nitrogens with zero attached hydrogens (tertiary/aromatic N) is 1. The van der Waals surface area contributed by atoms with Crippen LogP contribution in [0.25, 0.3) is 12.2 Å². The van der Waals surface area contributed by atoms with E-state index in [1.54, 1.807) is 12.4 Å². The maximum absolute atomic E-state index is 5.60. The molecule has 2 rings (SSSR count). The van der Waals surface area contributed by atoms with Gasteiger partial charge in [-0.3, -0.25) is 4.98 Å². The van der Waals surface area contributed by atoms with E-state index in [0.717, 1.165) is 16.8 Å². The third-order valence-electron chi connectivity index (χ3n) is 2.11. The molecule has 1 heterocycles. The normalized spacial score (nSPS) is 10.7. The van der Waals surface area contributed by atoms with E-state index in [1.807, 2.05) is 42.5 Å². The zero-order chi connectivity index (χ0) is 10.5. The van der Waals surface area contributed by atoms with Crippen molar-refractivity contribution in [3.8, 4) is 0 Å². The molecular weight excluding hydrogens is 184 g/mol. The Hall–Kier alpha value is -2.09. The fourth-order valence-electron chi connectivity index (χ4n) is 1.27. The minimum absolute atomic E-state index is 0.788. The Morgan fingerprint density at radius 3 is 1.93 bits per heavy atom. The van der Waals surface area contributed by atoms with Crippen molar-refractivity contribution in [1.82, 2.24) is 4.98 Å². The summed E-state index contributed by atoms with van der Waals surface area (Å²) in [6, 6.07) is 11.7. The predicted octanol–water partition coefficient (Wildman–Crippen LogP) is 2.83. The number of rotatable bonds is 2. The van der Waals surface area contributed by atoms with Gasteiger partial charge in [-0.2, -0.15) is 0 Å². The van der Waals surface area contributed by atoms with Crippen molar-refractivity contribution in [2.45, 2.75) is 0 Å². The molecule has 2 nitrogen and oxygen atoms in total. The highest BCUT2D eigenvalue weighted by molar-refractivity contribution is 5.69. The van der Waals surface area contributed by atoms with Gasteiger partial charge in [0.1, 0.15) is 0 Å². The summed E-state index contributed by atoms with van der Waals surface area (Å²) < 4.78 is 0. The van der Waals surface area contributed by atoms with Crippen LogP contribution >= 0.6 is 0 Å². The average Bonchev–Trinajstić information content (AvgIpc) is 2.30. The Bertz CT molecular complexity index is 444. The quantitative estimate of drug-likeness (QED) is 0.750. The lowest BCUT2D eigenvalue weighted by Gasteiger charge is -1.95. The fourth-order valence-corrected chi connectivity index (χ4v) is 1.27. The second kappa shape index (κ2) is 4.42. The number of benzene rings is 1. The molecule has 1 aromatic carbocycles. The third kappa shape index (κ3) is 2.68. The van der Waals surface area contributed by atoms with Gasteiger partial charge in [-0.05, 0) is 35.4 Å². The molecule has 2 heteroatoms. The van der Waals surface area contributed by atoms with Crippen molar-refractivity contribution in [2.24, 2.45) is 0 Å². The molecule has 0 amide bonds. The molecular formula is C13H12N2. The van der Waals surface area contributed by atoms with Crippen LogP contribution in [0.5, 0.6) is 0 Å². The first-order chi connectivity index (χ1) is 7.34. The van der Waals surface area contributed by atoms with Crippen molar-refractivity contribution in [3.05, 3.63) is 59.9 Å². The number of hydrogen-bond acceptors (Lipinski definition) is 2. The van der Waals surface area contributed by atoms with Crippen molar-refractivity contribution in [2.75, 3.05) is 5.73 Å². The smallest absolute Gasteiger partial charge is 0.0314 e. The van der Waals surface area contributed by atoms with Crippen LogP contribution in [-0.2, 0) is 0 Å². The van der Waals surface area contributed by atoms with E-state index in [0.29, 0.717) is 0 Å². The molecule has 0 unspecified atom stereocenters. The molecule has 0 saturated carbocycles. The monoisotopic (exact) mass is 196 g/mol. The van der Waals surface area contributed by atoms with E-state index in [4.69, 9.17) is 5.73 Å². The zero-order valence-corrected chi connectivity index (χ0v) is 8.30. The summed E-state index contributed by atoms with van der Waals surface area (Å²) >= 11 is 0. The van der Waals surface area contributed by atoms with Crippen LogP contribution in [-0.4, -0.2) is 4.98 Å². The van der Waals surface area contributed by atoms with E-state index in [-0.39, 0.29) is 0 Å². The zero-order valence-electron chi connectivity index (χ0n) is 8.30. The number of nitrogen functional groups attached to an aromatic ring is 1. The summed E-state index contributed by atoms with van der Waals surface area (Å²) in [5.74, 6) is 0. The van der Waals surface area contributed by atoms with Gasteiger partial charge in [0.2, 0.25) is 0 Å². The minimum atomic E-state index is 0.788. The second-order valence-electron chi connectivity index (χ2n) is 3.28. The molecule has 0 saturated heterocycles. The van der Waals surface area contributed by atoms with Crippen LogP contribution in [0.3, 0.4) is 0 Å². The van der Waals surface area contributed by atoms with E-state index < -0.39 is 0 Å². The van der Waals surface area contributed by atoms with Crippen LogP contribution in [0, 0.1) is 0 Å². The average molecular weight is 196 g/mol. The summed E-state index contributed by atoms with van der Waals surface area (Å²) in [6.45, 7) is 0. The number of hydrogen-bond donors (Lipinski definition) is 1. The van der Waals surface area contributed by atoms with Gasteiger partial charge in [0.05, 0.1) is 0 Å². The van der Waals surface area contributed by atoms with Gasteiger partial charge in [-0.25, -0.2) is 0 Å². The molecule has 0 fully saturated rings. The maximum atomic E-state index is 5.60. The summed E-state index contributed by atoms with van der Waals surface area (Å²) in [5, 5.41) is 0. The molecule has 0 aliphatic carbocycles. The molecule has 0 atom stereocenters. The van der Waals surface area contributed by atoms with Crippen molar-refractivity contribution < 1.29 is 0 Å². The van der Waals surface area contributed by atoms with Crippen molar-refractivity contribution >= 4 is 17.8 Å². The van der Waals surface area contributed by atoms with E-state index in [2.05, 4.69) is 11.1 Å². The van der Waals surface area contributed by atoms with Crippen LogP contribution in [0.2, 0.25) is 0 Å². The highest BCUT2D eigenvalue weighted by atomic mass is 14.6. The van der Waals surface area contributed by atoms with Gasteiger partial charge in [0.15, 0.2) is 0 Å². The van der Waals surface area contributed by atoms with Crippen LogP contribution in [0.4, 0.5) is 5.69 Å². The van der Waals surface area contributed by atoms with Crippen LogP contribution in [0.15, 0.2) is 48.8 Å². The van der Waals surface area contributed by atoms with Gasteiger partial charge in [-0.1, -0.05) is 24.3 Å². The first-order valence-electron chi connectivity index (χ1n) is 4.78. The Morgan fingerprint density at radius 1 is 0.800 bits per heavy atom. The first-order valence-corrected chi connectivity index (χ1v) is 4.78. The lowest BCUT2D eigenvalue weighted by molar-refractivity contribution is 1.32. The Morgan fingerprint density at radius 2 is 1.33 bits per heavy atom. The first kappa shape index (κ1) is 9.46. The Kier molecular flexibility index (Phi) is 2.79. The van der Waals surface area contributed by atoms with Gasteiger partial charge in [0.25, 0.3) is 0 Å². The van der Waals surface area contributed by atoms with E-state index >= 15 is 0 Å². The number of pyridine rings is 1. The van der Waals surface area contributed by atoms with Crippen LogP contribution in [0.1, 0.15) is 11.1 Å². The summed E-state index contributed by atoms with van der Waals surface area (Å²) in [6.07, 6.45) is 7.66. The molecule has 0 aliphatic rings. The molecule has 2 N–H and O–H groups in total. The lowest BCUT2D eigenvalue weighted by Crippen LogP contribution is -1.82. The third-order valence-corrected chi connectivity index (χ3v) is 2.11. The molecule has 0 spiro atoms. The number of anilines is 1. The standard InChI is InChI=1S/C13H12N2/c14-13-5-3-11(4-6-13)1-2-12-7-9-15-10-8-12/h1-10H,14H2.